The van der Waals surface area contributed by atoms with Gasteiger partial charge in [-0.3, -0.25) is 9.59 Å². The van der Waals surface area contributed by atoms with Crippen LogP contribution < -0.4 is 5.32 Å². The Bertz CT molecular complexity index is 1090. The minimum absolute atomic E-state index is 0.0599. The third-order valence-corrected chi connectivity index (χ3v) is 7.07. The molecule has 0 spiro atoms. The Labute approximate surface area is 181 Å². The monoisotopic (exact) mass is 446 g/mol. The smallest absolute Gasteiger partial charge is 0.266 e. The van der Waals surface area contributed by atoms with E-state index in [0.29, 0.717) is 29.5 Å². The zero-order valence-electron chi connectivity index (χ0n) is 16.7. The number of pyridine rings is 1. The molecule has 1 aliphatic heterocycles. The Morgan fingerprint density at radius 1 is 1.33 bits per heavy atom. The minimum atomic E-state index is -0.440. The summed E-state index contributed by atoms with van der Waals surface area (Å²) in [6.07, 6.45) is 1.25. The summed E-state index contributed by atoms with van der Waals surface area (Å²) in [5, 5.41) is 13.5. The molecular weight excluding hydrogens is 424 g/mol. The third-order valence-electron chi connectivity index (χ3n) is 4.88. The van der Waals surface area contributed by atoms with Crippen molar-refractivity contribution in [1.29, 1.82) is 0 Å². The maximum atomic E-state index is 13.1. The molecule has 1 aliphatic rings. The molecule has 30 heavy (non-hydrogen) atoms. The summed E-state index contributed by atoms with van der Waals surface area (Å²) in [6, 6.07) is 3.74. The van der Waals surface area contributed by atoms with Crippen molar-refractivity contribution >= 4 is 44.7 Å². The van der Waals surface area contributed by atoms with Crippen molar-refractivity contribution in [2.75, 3.05) is 32.8 Å². The van der Waals surface area contributed by atoms with Crippen molar-refractivity contribution in [2.24, 2.45) is 0 Å². The minimum Gasteiger partial charge on any atom is -0.395 e. The van der Waals surface area contributed by atoms with Gasteiger partial charge in [-0.05, 0) is 19.9 Å². The third kappa shape index (κ3) is 3.95. The van der Waals surface area contributed by atoms with Crippen molar-refractivity contribution in [1.82, 2.24) is 20.2 Å². The molecule has 0 aliphatic carbocycles. The van der Waals surface area contributed by atoms with Gasteiger partial charge in [0.1, 0.15) is 20.7 Å². The fourth-order valence-electron chi connectivity index (χ4n) is 3.57. The molecule has 0 saturated carbocycles. The van der Waals surface area contributed by atoms with E-state index in [1.54, 1.807) is 11.1 Å². The number of nitrogens with zero attached hydrogens (tertiary/aromatic N) is 3. The van der Waals surface area contributed by atoms with Crippen molar-refractivity contribution in [3.63, 3.8) is 0 Å². The highest BCUT2D eigenvalue weighted by Gasteiger charge is 2.33. The molecule has 1 atom stereocenters. The SMILES string of the molecule is Cc1nc(C)c(C(=O)N2CCO[C@H](c3c(C(=O)NCCO)sc4ncccc34)C2)s1. The highest BCUT2D eigenvalue weighted by molar-refractivity contribution is 7.20. The van der Waals surface area contributed by atoms with Gasteiger partial charge in [0.25, 0.3) is 11.8 Å². The summed E-state index contributed by atoms with van der Waals surface area (Å²) in [5.41, 5.74) is 1.48. The summed E-state index contributed by atoms with van der Waals surface area (Å²) in [7, 11) is 0. The van der Waals surface area contributed by atoms with Crippen molar-refractivity contribution in [3.8, 4) is 0 Å². The average molecular weight is 447 g/mol. The molecule has 2 N–H and O–H groups in total. The number of morpholine rings is 1. The van der Waals surface area contributed by atoms with Crippen LogP contribution in [0, 0.1) is 13.8 Å². The quantitative estimate of drug-likeness (QED) is 0.623. The van der Waals surface area contributed by atoms with E-state index in [1.807, 2.05) is 26.0 Å². The van der Waals surface area contributed by atoms with Gasteiger partial charge in [0.2, 0.25) is 0 Å². The predicted octanol–water partition coefficient (Wildman–Crippen LogP) is 2.31. The van der Waals surface area contributed by atoms with Crippen LogP contribution in [0.15, 0.2) is 18.3 Å². The fourth-order valence-corrected chi connectivity index (χ4v) is 5.57. The van der Waals surface area contributed by atoms with E-state index in [1.165, 1.54) is 22.7 Å². The molecule has 1 saturated heterocycles. The topological polar surface area (TPSA) is 105 Å². The lowest BCUT2D eigenvalue weighted by Crippen LogP contribution is -2.42. The Balaban J connectivity index is 1.67. The Morgan fingerprint density at radius 3 is 2.90 bits per heavy atom. The van der Waals surface area contributed by atoms with Crippen LogP contribution in [0.1, 0.15) is 41.7 Å². The molecule has 0 unspecified atom stereocenters. The molecule has 158 valence electrons. The number of aryl methyl sites for hydroxylation is 2. The number of hydrogen-bond acceptors (Lipinski definition) is 8. The number of hydrogen-bond donors (Lipinski definition) is 2. The van der Waals surface area contributed by atoms with E-state index in [9.17, 15) is 9.59 Å². The summed E-state index contributed by atoms with van der Waals surface area (Å²) >= 11 is 2.69. The molecule has 4 rings (SSSR count). The summed E-state index contributed by atoms with van der Waals surface area (Å²) in [6.45, 7) is 4.96. The molecule has 3 aromatic rings. The van der Waals surface area contributed by atoms with Gasteiger partial charge >= 0.3 is 0 Å². The Kier molecular flexibility index (Phi) is 6.09. The summed E-state index contributed by atoms with van der Waals surface area (Å²) in [4.78, 5) is 38.2. The lowest BCUT2D eigenvalue weighted by molar-refractivity contribution is -0.0221. The lowest BCUT2D eigenvalue weighted by atomic mass is 10.0. The second-order valence-electron chi connectivity index (χ2n) is 6.94. The van der Waals surface area contributed by atoms with Crippen LogP contribution >= 0.6 is 22.7 Å². The molecule has 4 heterocycles. The zero-order chi connectivity index (χ0) is 21.3. The van der Waals surface area contributed by atoms with E-state index in [0.717, 1.165) is 26.5 Å². The van der Waals surface area contributed by atoms with Crippen molar-refractivity contribution in [3.05, 3.63) is 44.3 Å². The number of carbonyl (C=O) groups excluding carboxylic acids is 2. The van der Waals surface area contributed by atoms with Gasteiger partial charge in [-0.15, -0.1) is 22.7 Å². The number of rotatable bonds is 5. The van der Waals surface area contributed by atoms with Crippen LogP contribution in [0.3, 0.4) is 0 Å². The molecule has 0 bridgehead atoms. The summed E-state index contributed by atoms with van der Waals surface area (Å²) < 4.78 is 6.02. The number of aromatic nitrogens is 2. The van der Waals surface area contributed by atoms with Gasteiger partial charge in [-0.2, -0.15) is 0 Å². The number of aliphatic hydroxyl groups excluding tert-OH is 1. The zero-order valence-corrected chi connectivity index (χ0v) is 18.3. The van der Waals surface area contributed by atoms with Gasteiger partial charge in [-0.25, -0.2) is 9.97 Å². The number of thiazole rings is 1. The Hall–Kier alpha value is -2.40. The van der Waals surface area contributed by atoms with Gasteiger partial charge in [-0.1, -0.05) is 6.07 Å². The van der Waals surface area contributed by atoms with Crippen molar-refractivity contribution in [2.45, 2.75) is 20.0 Å². The number of aliphatic hydroxyl groups is 1. The average Bonchev–Trinajstić information content (AvgIpc) is 3.31. The largest absolute Gasteiger partial charge is 0.395 e. The Morgan fingerprint density at radius 2 is 2.17 bits per heavy atom. The summed E-state index contributed by atoms with van der Waals surface area (Å²) in [5.74, 6) is -0.335. The van der Waals surface area contributed by atoms with E-state index in [2.05, 4.69) is 15.3 Å². The molecule has 2 amide bonds. The van der Waals surface area contributed by atoms with E-state index in [4.69, 9.17) is 9.84 Å². The second-order valence-corrected chi connectivity index (χ2v) is 9.14. The standard InChI is InChI=1S/C20H22N4O4S2/c1-11-16(29-12(2)23-11)20(27)24-7-9-28-14(10-24)15-13-4-3-5-22-19(13)30-17(15)18(26)21-6-8-25/h3-5,14,25H,6-10H2,1-2H3,(H,21,26)/t14-/m0/s1. The van der Waals surface area contributed by atoms with Crippen LogP contribution in [-0.4, -0.2) is 64.6 Å². The number of nitrogens with one attached hydrogen (secondary N) is 1. The van der Waals surface area contributed by atoms with Crippen LogP contribution in [0.4, 0.5) is 0 Å². The molecule has 0 aromatic carbocycles. The highest BCUT2D eigenvalue weighted by Crippen LogP contribution is 2.37. The molecule has 10 heteroatoms. The fraction of sp³-hybridized carbons (Fsp3) is 0.400. The van der Waals surface area contributed by atoms with Crippen LogP contribution in [-0.2, 0) is 4.74 Å². The molecule has 0 radical (unpaired) electrons. The molecular formula is C20H22N4O4S2. The van der Waals surface area contributed by atoms with E-state index < -0.39 is 6.10 Å². The first-order valence-corrected chi connectivity index (χ1v) is 11.2. The van der Waals surface area contributed by atoms with Crippen LogP contribution in [0.5, 0.6) is 0 Å². The normalized spacial score (nSPS) is 16.8. The van der Waals surface area contributed by atoms with E-state index in [-0.39, 0.29) is 25.0 Å². The van der Waals surface area contributed by atoms with Gasteiger partial charge < -0.3 is 20.1 Å². The van der Waals surface area contributed by atoms with E-state index >= 15 is 0 Å². The maximum absolute atomic E-state index is 13.1. The molecule has 8 nitrogen and oxygen atoms in total. The first-order chi connectivity index (χ1) is 14.5. The van der Waals surface area contributed by atoms with Crippen LogP contribution in [0.2, 0.25) is 0 Å². The number of ether oxygens (including phenoxy) is 1. The molecule has 3 aromatic heterocycles. The number of fused-ring (bicyclic) bond motifs is 1. The van der Waals surface area contributed by atoms with Crippen LogP contribution in [0.25, 0.3) is 10.2 Å². The maximum Gasteiger partial charge on any atom is 0.266 e. The highest BCUT2D eigenvalue weighted by atomic mass is 32.1. The van der Waals surface area contributed by atoms with Gasteiger partial charge in [0.05, 0.1) is 30.5 Å². The first kappa shape index (κ1) is 20.9. The van der Waals surface area contributed by atoms with Gasteiger partial charge in [0, 0.05) is 30.2 Å². The van der Waals surface area contributed by atoms with Gasteiger partial charge in [0.15, 0.2) is 0 Å². The van der Waals surface area contributed by atoms with Crippen molar-refractivity contribution < 1.29 is 19.4 Å². The molecule has 1 fully saturated rings. The number of amides is 2. The second kappa shape index (κ2) is 8.76. The number of thiophene rings is 1. The predicted molar refractivity (Wildman–Crippen MR) is 115 cm³/mol. The first-order valence-electron chi connectivity index (χ1n) is 9.61. The number of carbonyl (C=O) groups is 2. The lowest BCUT2D eigenvalue weighted by Gasteiger charge is -2.33.